The van der Waals surface area contributed by atoms with Crippen LogP contribution >= 0.6 is 0 Å². The second-order valence-electron chi connectivity index (χ2n) is 3.79. The van der Waals surface area contributed by atoms with Crippen LogP contribution in [0.3, 0.4) is 0 Å². The molecule has 1 heterocycles. The summed E-state index contributed by atoms with van der Waals surface area (Å²) in [7, 11) is 0. The number of hydrogen-bond acceptors (Lipinski definition) is 2. The minimum absolute atomic E-state index is 0.0362. The standard InChI is InChI=1S/C9H11F5N2O2/c1-2-5-6(17)15-3-4-16(5)7(18)8(10,11)9(12,13)14/h5H,2-4H2,1H3,(H,15,17). The summed E-state index contributed by atoms with van der Waals surface area (Å²) in [5.74, 6) is -8.58. The molecule has 2 amide bonds. The van der Waals surface area contributed by atoms with E-state index in [9.17, 15) is 31.5 Å². The van der Waals surface area contributed by atoms with Gasteiger partial charge in [-0.25, -0.2) is 0 Å². The van der Waals surface area contributed by atoms with Crippen LogP contribution < -0.4 is 5.32 Å². The Morgan fingerprint density at radius 1 is 1.39 bits per heavy atom. The first kappa shape index (κ1) is 14.7. The average Bonchev–Trinajstić information content (AvgIpc) is 2.26. The monoisotopic (exact) mass is 274 g/mol. The van der Waals surface area contributed by atoms with E-state index < -0.39 is 30.0 Å². The van der Waals surface area contributed by atoms with Crippen molar-refractivity contribution in [3.63, 3.8) is 0 Å². The molecule has 1 atom stereocenters. The van der Waals surface area contributed by atoms with E-state index in [0.717, 1.165) is 0 Å². The molecule has 1 saturated heterocycles. The van der Waals surface area contributed by atoms with Crippen LogP contribution in [0.2, 0.25) is 0 Å². The van der Waals surface area contributed by atoms with Gasteiger partial charge in [-0.3, -0.25) is 9.59 Å². The molecule has 0 saturated carbocycles. The highest BCUT2D eigenvalue weighted by molar-refractivity contribution is 5.92. The van der Waals surface area contributed by atoms with Crippen molar-refractivity contribution in [2.24, 2.45) is 0 Å². The minimum atomic E-state index is -5.96. The van der Waals surface area contributed by atoms with Crippen LogP contribution in [-0.2, 0) is 9.59 Å². The van der Waals surface area contributed by atoms with Crippen molar-refractivity contribution < 1.29 is 31.5 Å². The van der Waals surface area contributed by atoms with Crippen molar-refractivity contribution >= 4 is 11.8 Å². The van der Waals surface area contributed by atoms with Crippen LogP contribution in [0.5, 0.6) is 0 Å². The molecule has 104 valence electrons. The molecule has 1 N–H and O–H groups in total. The van der Waals surface area contributed by atoms with E-state index in [-0.39, 0.29) is 24.4 Å². The predicted octanol–water partition coefficient (Wildman–Crippen LogP) is 0.921. The lowest BCUT2D eigenvalue weighted by atomic mass is 10.1. The van der Waals surface area contributed by atoms with Gasteiger partial charge in [-0.05, 0) is 6.42 Å². The fraction of sp³-hybridized carbons (Fsp3) is 0.778. The minimum Gasteiger partial charge on any atom is -0.353 e. The molecule has 1 unspecified atom stereocenters. The summed E-state index contributed by atoms with van der Waals surface area (Å²) in [4.78, 5) is 22.8. The van der Waals surface area contributed by atoms with E-state index in [2.05, 4.69) is 5.32 Å². The highest BCUT2D eigenvalue weighted by Crippen LogP contribution is 2.37. The van der Waals surface area contributed by atoms with Gasteiger partial charge in [-0.1, -0.05) is 6.92 Å². The van der Waals surface area contributed by atoms with Gasteiger partial charge in [0.05, 0.1) is 0 Å². The zero-order valence-corrected chi connectivity index (χ0v) is 9.35. The van der Waals surface area contributed by atoms with Crippen LogP contribution in [0.4, 0.5) is 22.0 Å². The van der Waals surface area contributed by atoms with Crippen LogP contribution in [-0.4, -0.2) is 47.9 Å². The molecule has 0 aromatic carbocycles. The number of halogens is 5. The number of nitrogens with zero attached hydrogens (tertiary/aromatic N) is 1. The van der Waals surface area contributed by atoms with Gasteiger partial charge in [0.15, 0.2) is 0 Å². The SMILES string of the molecule is CCC1C(=O)NCCN1C(=O)C(F)(F)C(F)(F)F. The Kier molecular flexibility index (Phi) is 3.82. The number of hydrogen-bond donors (Lipinski definition) is 1. The van der Waals surface area contributed by atoms with Crippen molar-refractivity contribution in [2.45, 2.75) is 31.5 Å². The molecule has 0 spiro atoms. The molecule has 1 fully saturated rings. The smallest absolute Gasteiger partial charge is 0.353 e. The van der Waals surface area contributed by atoms with Gasteiger partial charge in [-0.15, -0.1) is 0 Å². The maximum absolute atomic E-state index is 12.9. The number of amides is 2. The Bertz CT molecular complexity index is 355. The third-order valence-electron chi connectivity index (χ3n) is 2.60. The number of alkyl halides is 5. The first-order valence-electron chi connectivity index (χ1n) is 5.16. The molecule has 0 radical (unpaired) electrons. The van der Waals surface area contributed by atoms with Gasteiger partial charge in [0.1, 0.15) is 6.04 Å². The maximum Gasteiger partial charge on any atom is 0.463 e. The summed E-state index contributed by atoms with van der Waals surface area (Å²) in [5, 5.41) is 2.30. The Balaban J connectivity index is 2.98. The van der Waals surface area contributed by atoms with Crippen LogP contribution in [0.25, 0.3) is 0 Å². The number of carbonyl (C=O) groups excluding carboxylic acids is 2. The topological polar surface area (TPSA) is 49.4 Å². The summed E-state index contributed by atoms with van der Waals surface area (Å²) in [6.07, 6.45) is -6.00. The Morgan fingerprint density at radius 2 is 1.94 bits per heavy atom. The van der Waals surface area contributed by atoms with Crippen molar-refractivity contribution in [1.29, 1.82) is 0 Å². The lowest BCUT2D eigenvalue weighted by Crippen LogP contribution is -2.62. The van der Waals surface area contributed by atoms with Gasteiger partial charge in [0, 0.05) is 13.1 Å². The third-order valence-corrected chi connectivity index (χ3v) is 2.60. The lowest BCUT2D eigenvalue weighted by molar-refractivity contribution is -0.275. The van der Waals surface area contributed by atoms with Crippen molar-refractivity contribution in [2.75, 3.05) is 13.1 Å². The molecule has 18 heavy (non-hydrogen) atoms. The number of piperazine rings is 1. The van der Waals surface area contributed by atoms with Crippen molar-refractivity contribution in [3.05, 3.63) is 0 Å². The normalized spacial score (nSPS) is 21.8. The second-order valence-corrected chi connectivity index (χ2v) is 3.79. The Morgan fingerprint density at radius 3 is 2.39 bits per heavy atom. The van der Waals surface area contributed by atoms with E-state index in [1.54, 1.807) is 0 Å². The highest BCUT2D eigenvalue weighted by atomic mass is 19.4. The molecule has 1 rings (SSSR count). The summed E-state index contributed by atoms with van der Waals surface area (Å²) in [6, 6.07) is -1.29. The lowest BCUT2D eigenvalue weighted by Gasteiger charge is -2.36. The van der Waals surface area contributed by atoms with E-state index in [0.29, 0.717) is 0 Å². The van der Waals surface area contributed by atoms with Gasteiger partial charge < -0.3 is 10.2 Å². The zero-order chi connectivity index (χ0) is 14.1. The van der Waals surface area contributed by atoms with E-state index in [4.69, 9.17) is 0 Å². The summed E-state index contributed by atoms with van der Waals surface area (Å²) in [5.41, 5.74) is 0. The van der Waals surface area contributed by atoms with E-state index in [1.807, 2.05) is 0 Å². The summed E-state index contributed by atoms with van der Waals surface area (Å²) >= 11 is 0. The molecule has 0 aliphatic carbocycles. The van der Waals surface area contributed by atoms with Crippen LogP contribution in [0.15, 0.2) is 0 Å². The first-order valence-corrected chi connectivity index (χ1v) is 5.16. The van der Waals surface area contributed by atoms with Crippen molar-refractivity contribution in [1.82, 2.24) is 10.2 Å². The van der Waals surface area contributed by atoms with Crippen LogP contribution in [0.1, 0.15) is 13.3 Å². The largest absolute Gasteiger partial charge is 0.463 e. The second kappa shape index (κ2) is 4.69. The van der Waals surface area contributed by atoms with E-state index >= 15 is 0 Å². The van der Waals surface area contributed by atoms with Crippen LogP contribution in [0, 0.1) is 0 Å². The Labute approximate surface area is 99.1 Å². The van der Waals surface area contributed by atoms with Gasteiger partial charge in [0.25, 0.3) is 0 Å². The average molecular weight is 274 g/mol. The van der Waals surface area contributed by atoms with Gasteiger partial charge in [0.2, 0.25) is 5.91 Å². The quantitative estimate of drug-likeness (QED) is 0.761. The molecule has 4 nitrogen and oxygen atoms in total. The molecule has 0 aromatic rings. The molecule has 1 aliphatic heterocycles. The zero-order valence-electron chi connectivity index (χ0n) is 9.35. The van der Waals surface area contributed by atoms with Gasteiger partial charge in [-0.2, -0.15) is 22.0 Å². The molecule has 1 aliphatic rings. The molecule has 9 heteroatoms. The fourth-order valence-corrected chi connectivity index (χ4v) is 1.67. The first-order chi connectivity index (χ1) is 8.13. The fourth-order valence-electron chi connectivity index (χ4n) is 1.67. The van der Waals surface area contributed by atoms with Crippen molar-refractivity contribution in [3.8, 4) is 0 Å². The number of nitrogens with one attached hydrogen (secondary N) is 1. The maximum atomic E-state index is 12.9. The number of rotatable bonds is 2. The third kappa shape index (κ3) is 2.39. The molecular formula is C9H11F5N2O2. The predicted molar refractivity (Wildman–Crippen MR) is 49.8 cm³/mol. The van der Waals surface area contributed by atoms with E-state index in [1.165, 1.54) is 6.92 Å². The summed E-state index contributed by atoms with van der Waals surface area (Å²) < 4.78 is 62.0. The summed E-state index contributed by atoms with van der Waals surface area (Å²) in [6.45, 7) is 0.908. The molecule has 0 aromatic heterocycles. The Hall–Kier alpha value is -1.41. The molecular weight excluding hydrogens is 263 g/mol. The molecule has 0 bridgehead atoms. The highest BCUT2D eigenvalue weighted by Gasteiger charge is 2.65. The number of carbonyl (C=O) groups is 2. The van der Waals surface area contributed by atoms with Gasteiger partial charge >= 0.3 is 18.0 Å².